The molecule has 0 aromatic heterocycles. The number of guanidine groups is 1. The Morgan fingerprint density at radius 2 is 2.09 bits per heavy atom. The van der Waals surface area contributed by atoms with E-state index < -0.39 is 0 Å². The van der Waals surface area contributed by atoms with Crippen molar-refractivity contribution in [2.75, 3.05) is 53.0 Å². The number of aliphatic imine (C=N–C) groups is 1. The van der Waals surface area contributed by atoms with Crippen LogP contribution in [0.2, 0.25) is 0 Å². The lowest BCUT2D eigenvalue weighted by atomic mass is 10.2. The fourth-order valence-corrected chi connectivity index (χ4v) is 2.74. The van der Waals surface area contributed by atoms with E-state index in [0.29, 0.717) is 6.04 Å². The van der Waals surface area contributed by atoms with E-state index >= 15 is 0 Å². The number of unbranched alkanes of at least 4 members (excludes halogenated alkanes) is 3. The number of ether oxygens (including phenoxy) is 1. The number of nitrogens with one attached hydrogen (secondary N) is 1. The Morgan fingerprint density at radius 3 is 2.74 bits per heavy atom. The van der Waals surface area contributed by atoms with Gasteiger partial charge in [-0.05, 0) is 33.1 Å². The maximum absolute atomic E-state index is 5.42. The van der Waals surface area contributed by atoms with Crippen molar-refractivity contribution in [1.82, 2.24) is 15.1 Å². The predicted octanol–water partition coefficient (Wildman–Crippen LogP) is 2.35. The molecule has 0 amide bonds. The molecule has 1 aliphatic rings. The van der Waals surface area contributed by atoms with Gasteiger partial charge in [0.1, 0.15) is 0 Å². The van der Waals surface area contributed by atoms with E-state index in [1.807, 2.05) is 6.08 Å². The van der Waals surface area contributed by atoms with Crippen LogP contribution in [0.4, 0.5) is 0 Å². The smallest absolute Gasteiger partial charge is 0.193 e. The van der Waals surface area contributed by atoms with Crippen LogP contribution in [-0.2, 0) is 4.74 Å². The molecule has 0 aliphatic carbocycles. The molecular weight excluding hydrogens is 288 g/mol. The molecule has 5 heteroatoms. The van der Waals surface area contributed by atoms with Crippen LogP contribution in [0.15, 0.2) is 17.6 Å². The highest BCUT2D eigenvalue weighted by molar-refractivity contribution is 5.79. The first-order valence-corrected chi connectivity index (χ1v) is 9.11. The molecule has 1 saturated heterocycles. The van der Waals surface area contributed by atoms with Crippen LogP contribution in [0, 0.1) is 0 Å². The largest absolute Gasteiger partial charge is 0.379 e. The molecule has 0 spiro atoms. The number of hydrogen-bond acceptors (Lipinski definition) is 3. The normalized spacial score (nSPS) is 17.8. The van der Waals surface area contributed by atoms with Gasteiger partial charge in [0.25, 0.3) is 0 Å². The van der Waals surface area contributed by atoms with Gasteiger partial charge in [-0.25, -0.2) is 0 Å². The number of hydrogen-bond donors (Lipinski definition) is 1. The van der Waals surface area contributed by atoms with E-state index in [9.17, 15) is 0 Å². The van der Waals surface area contributed by atoms with Crippen molar-refractivity contribution in [3.63, 3.8) is 0 Å². The SMILES string of the molecule is C=CCCCCCN(C)C(=NCC(C)N1CCOCC1)NCC. The number of allylic oxidation sites excluding steroid dienone is 1. The van der Waals surface area contributed by atoms with Gasteiger partial charge < -0.3 is 15.0 Å². The summed E-state index contributed by atoms with van der Waals surface area (Å²) in [6.45, 7) is 14.7. The van der Waals surface area contributed by atoms with Crippen LogP contribution < -0.4 is 5.32 Å². The molecule has 1 fully saturated rings. The average Bonchev–Trinajstić information content (AvgIpc) is 2.58. The van der Waals surface area contributed by atoms with Gasteiger partial charge in [0.15, 0.2) is 5.96 Å². The first-order chi connectivity index (χ1) is 11.2. The molecule has 1 rings (SSSR count). The summed E-state index contributed by atoms with van der Waals surface area (Å²) in [6, 6.07) is 0.466. The highest BCUT2D eigenvalue weighted by Gasteiger charge is 2.17. The van der Waals surface area contributed by atoms with Crippen molar-refractivity contribution in [3.8, 4) is 0 Å². The van der Waals surface area contributed by atoms with Crippen molar-refractivity contribution in [1.29, 1.82) is 0 Å². The zero-order valence-corrected chi connectivity index (χ0v) is 15.4. The summed E-state index contributed by atoms with van der Waals surface area (Å²) >= 11 is 0. The Bertz CT molecular complexity index is 340. The summed E-state index contributed by atoms with van der Waals surface area (Å²) in [5.74, 6) is 1.02. The average molecular weight is 325 g/mol. The Labute approximate surface area is 142 Å². The second-order valence-electron chi connectivity index (χ2n) is 6.25. The third-order valence-corrected chi connectivity index (χ3v) is 4.27. The highest BCUT2D eigenvalue weighted by Crippen LogP contribution is 2.05. The van der Waals surface area contributed by atoms with Crippen molar-refractivity contribution < 1.29 is 4.74 Å². The zero-order chi connectivity index (χ0) is 16.9. The van der Waals surface area contributed by atoms with E-state index in [0.717, 1.165) is 58.3 Å². The standard InChI is InChI=1S/C18H36N4O/c1-5-7-8-9-10-11-21(4)18(19-6-2)20-16-17(3)22-12-14-23-15-13-22/h5,17H,1,6-16H2,2-4H3,(H,19,20). The van der Waals surface area contributed by atoms with Gasteiger partial charge in [-0.1, -0.05) is 12.5 Å². The molecule has 1 unspecified atom stereocenters. The molecule has 134 valence electrons. The summed E-state index contributed by atoms with van der Waals surface area (Å²) in [5.41, 5.74) is 0. The van der Waals surface area contributed by atoms with Crippen LogP contribution in [0.5, 0.6) is 0 Å². The Balaban J connectivity index is 2.39. The van der Waals surface area contributed by atoms with Crippen LogP contribution in [0.25, 0.3) is 0 Å². The van der Waals surface area contributed by atoms with Crippen LogP contribution >= 0.6 is 0 Å². The molecule has 0 saturated carbocycles. The summed E-state index contributed by atoms with van der Waals surface area (Å²) in [6.07, 6.45) is 6.81. The highest BCUT2D eigenvalue weighted by atomic mass is 16.5. The molecular formula is C18H36N4O. The Morgan fingerprint density at radius 1 is 1.35 bits per heavy atom. The van der Waals surface area contributed by atoms with Gasteiger partial charge in [0, 0.05) is 39.3 Å². The van der Waals surface area contributed by atoms with E-state index in [4.69, 9.17) is 9.73 Å². The van der Waals surface area contributed by atoms with Gasteiger partial charge in [-0.2, -0.15) is 0 Å². The monoisotopic (exact) mass is 324 g/mol. The second-order valence-corrected chi connectivity index (χ2v) is 6.25. The van der Waals surface area contributed by atoms with Crippen molar-refractivity contribution in [3.05, 3.63) is 12.7 Å². The molecule has 1 N–H and O–H groups in total. The third kappa shape index (κ3) is 8.37. The van der Waals surface area contributed by atoms with Crippen LogP contribution in [0.3, 0.4) is 0 Å². The predicted molar refractivity (Wildman–Crippen MR) is 99.1 cm³/mol. The fraction of sp³-hybridized carbons (Fsp3) is 0.833. The van der Waals surface area contributed by atoms with Gasteiger partial charge in [-0.3, -0.25) is 9.89 Å². The van der Waals surface area contributed by atoms with Crippen molar-refractivity contribution in [2.45, 2.75) is 45.6 Å². The summed E-state index contributed by atoms with van der Waals surface area (Å²) in [4.78, 5) is 9.55. The topological polar surface area (TPSA) is 40.1 Å². The molecule has 23 heavy (non-hydrogen) atoms. The number of morpholine rings is 1. The van der Waals surface area contributed by atoms with E-state index in [2.05, 4.69) is 42.6 Å². The van der Waals surface area contributed by atoms with Crippen LogP contribution in [-0.4, -0.2) is 74.8 Å². The van der Waals surface area contributed by atoms with Gasteiger partial charge in [-0.15, -0.1) is 6.58 Å². The maximum Gasteiger partial charge on any atom is 0.193 e. The molecule has 1 aliphatic heterocycles. The third-order valence-electron chi connectivity index (χ3n) is 4.27. The molecule has 5 nitrogen and oxygen atoms in total. The molecule has 0 radical (unpaired) electrons. The van der Waals surface area contributed by atoms with E-state index in [1.54, 1.807) is 0 Å². The first-order valence-electron chi connectivity index (χ1n) is 9.11. The second kappa shape index (κ2) is 12.4. The minimum Gasteiger partial charge on any atom is -0.379 e. The molecule has 0 aromatic carbocycles. The lowest BCUT2D eigenvalue weighted by Gasteiger charge is -2.32. The van der Waals surface area contributed by atoms with Crippen LogP contribution in [0.1, 0.15) is 39.5 Å². The molecule has 0 bridgehead atoms. The van der Waals surface area contributed by atoms with E-state index in [1.165, 1.54) is 19.3 Å². The summed E-state index contributed by atoms with van der Waals surface area (Å²) in [7, 11) is 2.13. The molecule has 1 atom stereocenters. The van der Waals surface area contributed by atoms with Gasteiger partial charge in [0.05, 0.1) is 19.8 Å². The number of nitrogens with zero attached hydrogens (tertiary/aromatic N) is 3. The summed E-state index contributed by atoms with van der Waals surface area (Å²) in [5, 5.41) is 3.41. The minimum atomic E-state index is 0.466. The van der Waals surface area contributed by atoms with Crippen molar-refractivity contribution >= 4 is 5.96 Å². The first kappa shape index (κ1) is 20.0. The molecule has 1 heterocycles. The minimum absolute atomic E-state index is 0.466. The zero-order valence-electron chi connectivity index (χ0n) is 15.4. The number of rotatable bonds is 10. The lowest BCUT2D eigenvalue weighted by Crippen LogP contribution is -2.45. The summed E-state index contributed by atoms with van der Waals surface area (Å²) < 4.78 is 5.42. The molecule has 0 aromatic rings. The fourth-order valence-electron chi connectivity index (χ4n) is 2.74. The van der Waals surface area contributed by atoms with E-state index in [-0.39, 0.29) is 0 Å². The Kier molecular flexibility index (Phi) is 10.7. The maximum atomic E-state index is 5.42. The van der Waals surface area contributed by atoms with Gasteiger partial charge >= 0.3 is 0 Å². The Hall–Kier alpha value is -1.07. The lowest BCUT2D eigenvalue weighted by molar-refractivity contribution is 0.0220. The van der Waals surface area contributed by atoms with Gasteiger partial charge in [0.2, 0.25) is 0 Å². The quantitative estimate of drug-likeness (QED) is 0.290. The van der Waals surface area contributed by atoms with Crippen molar-refractivity contribution in [2.24, 2.45) is 4.99 Å².